The fraction of sp³-hybridized carbons (Fsp3) is 0.188. The van der Waals surface area contributed by atoms with E-state index >= 15 is 0 Å². The van der Waals surface area contributed by atoms with Crippen molar-refractivity contribution in [2.24, 2.45) is 0 Å². The summed E-state index contributed by atoms with van der Waals surface area (Å²) in [7, 11) is 1.63. The van der Waals surface area contributed by atoms with Gasteiger partial charge in [0, 0.05) is 29.7 Å². The minimum atomic E-state index is -0.0656. The zero-order valence-electron chi connectivity index (χ0n) is 11.6. The van der Waals surface area contributed by atoms with Crippen LogP contribution in [0.1, 0.15) is 15.9 Å². The van der Waals surface area contributed by atoms with E-state index in [0.717, 1.165) is 12.2 Å². The zero-order valence-corrected chi connectivity index (χ0v) is 12.5. The molecule has 2 aromatic rings. The van der Waals surface area contributed by atoms with Crippen molar-refractivity contribution in [3.8, 4) is 0 Å². The third-order valence-electron chi connectivity index (χ3n) is 3.03. The lowest BCUT2D eigenvalue weighted by Gasteiger charge is -2.08. The lowest BCUT2D eigenvalue weighted by atomic mass is 10.2. The Hall–Kier alpha value is -1.94. The van der Waals surface area contributed by atoms with Gasteiger partial charge in [0.15, 0.2) is 0 Å². The molecule has 1 amide bonds. The summed E-state index contributed by atoms with van der Waals surface area (Å²) in [6.07, 6.45) is 2.07. The minimum absolute atomic E-state index is 0.0656. The highest BCUT2D eigenvalue weighted by Crippen LogP contribution is 2.16. The zero-order chi connectivity index (χ0) is 14.4. The van der Waals surface area contributed by atoms with Gasteiger partial charge in [0.2, 0.25) is 0 Å². The molecule has 0 aromatic heterocycles. The van der Waals surface area contributed by atoms with Crippen LogP contribution in [-0.4, -0.2) is 19.2 Å². The molecule has 0 saturated carbocycles. The van der Waals surface area contributed by atoms with Gasteiger partial charge in [-0.2, -0.15) is 0 Å². The summed E-state index contributed by atoms with van der Waals surface area (Å²) in [5.74, 6) is -0.0656. The smallest absolute Gasteiger partial charge is 0.251 e. The largest absolute Gasteiger partial charge is 0.381 e. The molecule has 0 bridgehead atoms. The van der Waals surface area contributed by atoms with Gasteiger partial charge in [0.25, 0.3) is 5.91 Å². The molecular formula is C16H18N2OS. The minimum Gasteiger partial charge on any atom is -0.381 e. The molecule has 0 aliphatic carbocycles. The van der Waals surface area contributed by atoms with Gasteiger partial charge >= 0.3 is 0 Å². The summed E-state index contributed by atoms with van der Waals surface area (Å²) in [6.45, 7) is 0.772. The second-order valence-electron chi connectivity index (χ2n) is 4.36. The quantitative estimate of drug-likeness (QED) is 0.828. The number of thioether (sulfide) groups is 1. The van der Waals surface area contributed by atoms with Crippen LogP contribution in [-0.2, 0) is 6.54 Å². The van der Waals surface area contributed by atoms with Crippen molar-refractivity contribution >= 4 is 23.4 Å². The normalized spacial score (nSPS) is 10.1. The van der Waals surface area contributed by atoms with Gasteiger partial charge in [-0.25, -0.2) is 0 Å². The molecule has 0 heterocycles. The number of benzene rings is 2. The fourth-order valence-electron chi connectivity index (χ4n) is 1.83. The number of rotatable bonds is 5. The van der Waals surface area contributed by atoms with Crippen LogP contribution in [0, 0.1) is 0 Å². The number of carbonyl (C=O) groups is 1. The maximum Gasteiger partial charge on any atom is 0.251 e. The van der Waals surface area contributed by atoms with Gasteiger partial charge in [0.05, 0.1) is 0 Å². The molecule has 2 N–H and O–H groups in total. The van der Waals surface area contributed by atoms with Crippen molar-refractivity contribution in [3.05, 3.63) is 59.7 Å². The van der Waals surface area contributed by atoms with Crippen molar-refractivity contribution in [2.75, 3.05) is 18.6 Å². The van der Waals surface area contributed by atoms with Crippen molar-refractivity contribution in [1.82, 2.24) is 5.32 Å². The Morgan fingerprint density at radius 2 is 1.70 bits per heavy atom. The first kappa shape index (κ1) is 14.5. The van der Waals surface area contributed by atoms with Crippen LogP contribution < -0.4 is 10.6 Å². The standard InChI is InChI=1S/C16H18N2OS/c1-17-16(19)13-5-7-14(8-6-13)18-11-12-3-9-15(20-2)10-4-12/h3-10,18H,11H2,1-2H3,(H,17,19). The Balaban J connectivity index is 1.94. The maximum absolute atomic E-state index is 11.4. The Kier molecular flexibility index (Phi) is 5.07. The molecule has 2 aromatic carbocycles. The van der Waals surface area contributed by atoms with Gasteiger partial charge in [-0.3, -0.25) is 4.79 Å². The highest BCUT2D eigenvalue weighted by atomic mass is 32.2. The van der Waals surface area contributed by atoms with Gasteiger partial charge in [-0.1, -0.05) is 12.1 Å². The Labute approximate surface area is 123 Å². The molecule has 0 atom stereocenters. The third kappa shape index (κ3) is 3.78. The van der Waals surface area contributed by atoms with E-state index in [1.165, 1.54) is 10.5 Å². The second-order valence-corrected chi connectivity index (χ2v) is 5.24. The number of nitrogens with one attached hydrogen (secondary N) is 2. The molecule has 0 saturated heterocycles. The van der Waals surface area contributed by atoms with Crippen molar-refractivity contribution in [2.45, 2.75) is 11.4 Å². The third-order valence-corrected chi connectivity index (χ3v) is 3.77. The Morgan fingerprint density at radius 3 is 2.25 bits per heavy atom. The number of anilines is 1. The van der Waals surface area contributed by atoms with Crippen LogP contribution in [0.5, 0.6) is 0 Å². The van der Waals surface area contributed by atoms with E-state index in [9.17, 15) is 4.79 Å². The molecule has 0 unspecified atom stereocenters. The summed E-state index contributed by atoms with van der Waals surface area (Å²) in [4.78, 5) is 12.7. The van der Waals surface area contributed by atoms with E-state index in [1.54, 1.807) is 18.8 Å². The SMILES string of the molecule is CNC(=O)c1ccc(NCc2ccc(SC)cc2)cc1. The number of hydrogen-bond acceptors (Lipinski definition) is 3. The Bertz CT molecular complexity index is 564. The van der Waals surface area contributed by atoms with E-state index in [4.69, 9.17) is 0 Å². The molecule has 0 fully saturated rings. The van der Waals surface area contributed by atoms with Crippen LogP contribution in [0.15, 0.2) is 53.4 Å². The average molecular weight is 286 g/mol. The summed E-state index contributed by atoms with van der Waals surface area (Å²) < 4.78 is 0. The predicted octanol–water partition coefficient (Wildman–Crippen LogP) is 3.38. The average Bonchev–Trinajstić information content (AvgIpc) is 2.53. The monoisotopic (exact) mass is 286 g/mol. The van der Waals surface area contributed by atoms with Crippen LogP contribution in [0.2, 0.25) is 0 Å². The van der Waals surface area contributed by atoms with E-state index in [0.29, 0.717) is 5.56 Å². The second kappa shape index (κ2) is 7.01. The van der Waals surface area contributed by atoms with Gasteiger partial charge in [0.1, 0.15) is 0 Å². The molecular weight excluding hydrogens is 268 g/mol. The van der Waals surface area contributed by atoms with Crippen LogP contribution in [0.3, 0.4) is 0 Å². The van der Waals surface area contributed by atoms with Crippen molar-refractivity contribution < 1.29 is 4.79 Å². The van der Waals surface area contributed by atoms with Gasteiger partial charge in [-0.15, -0.1) is 11.8 Å². The fourth-order valence-corrected chi connectivity index (χ4v) is 2.24. The summed E-state index contributed by atoms with van der Waals surface area (Å²) in [5.41, 5.74) is 2.91. The first-order chi connectivity index (χ1) is 9.72. The van der Waals surface area contributed by atoms with Crippen molar-refractivity contribution in [1.29, 1.82) is 0 Å². The lowest BCUT2D eigenvalue weighted by Crippen LogP contribution is -2.17. The summed E-state index contributed by atoms with van der Waals surface area (Å²) in [5, 5.41) is 5.95. The first-order valence-corrected chi connectivity index (χ1v) is 7.64. The van der Waals surface area contributed by atoms with Crippen LogP contribution in [0.4, 0.5) is 5.69 Å². The topological polar surface area (TPSA) is 41.1 Å². The summed E-state index contributed by atoms with van der Waals surface area (Å²) in [6, 6.07) is 16.0. The molecule has 0 aliphatic rings. The van der Waals surface area contributed by atoms with Crippen LogP contribution in [0.25, 0.3) is 0 Å². The number of amides is 1. The van der Waals surface area contributed by atoms with Crippen LogP contribution >= 0.6 is 11.8 Å². The summed E-state index contributed by atoms with van der Waals surface area (Å²) >= 11 is 1.74. The molecule has 0 aliphatic heterocycles. The molecule has 2 rings (SSSR count). The molecule has 3 nitrogen and oxygen atoms in total. The molecule has 0 spiro atoms. The molecule has 0 radical (unpaired) electrons. The number of hydrogen-bond donors (Lipinski definition) is 2. The van der Waals surface area contributed by atoms with Gasteiger partial charge in [-0.05, 0) is 48.2 Å². The highest BCUT2D eigenvalue weighted by Gasteiger charge is 2.02. The van der Waals surface area contributed by atoms with E-state index < -0.39 is 0 Å². The van der Waals surface area contributed by atoms with E-state index in [-0.39, 0.29) is 5.91 Å². The van der Waals surface area contributed by atoms with E-state index in [1.807, 2.05) is 24.3 Å². The maximum atomic E-state index is 11.4. The first-order valence-electron chi connectivity index (χ1n) is 6.42. The lowest BCUT2D eigenvalue weighted by molar-refractivity contribution is 0.0963. The number of carbonyl (C=O) groups excluding carboxylic acids is 1. The molecule has 104 valence electrons. The predicted molar refractivity (Wildman–Crippen MR) is 85.4 cm³/mol. The van der Waals surface area contributed by atoms with Crippen molar-refractivity contribution in [3.63, 3.8) is 0 Å². The molecule has 4 heteroatoms. The Morgan fingerprint density at radius 1 is 1.05 bits per heavy atom. The van der Waals surface area contributed by atoms with E-state index in [2.05, 4.69) is 41.2 Å². The van der Waals surface area contributed by atoms with Gasteiger partial charge < -0.3 is 10.6 Å². The highest BCUT2D eigenvalue weighted by molar-refractivity contribution is 7.98. The molecule has 20 heavy (non-hydrogen) atoms.